The maximum absolute atomic E-state index is 11.2. The van der Waals surface area contributed by atoms with E-state index in [1.807, 2.05) is 6.92 Å². The van der Waals surface area contributed by atoms with Gasteiger partial charge in [0.15, 0.2) is 0 Å². The first kappa shape index (κ1) is 14.8. The van der Waals surface area contributed by atoms with Crippen LogP contribution in [-0.4, -0.2) is 22.0 Å². The van der Waals surface area contributed by atoms with Crippen LogP contribution in [0.3, 0.4) is 0 Å². The van der Waals surface area contributed by atoms with E-state index >= 15 is 0 Å². The Labute approximate surface area is 110 Å². The van der Waals surface area contributed by atoms with Gasteiger partial charge >= 0.3 is 5.97 Å². The van der Waals surface area contributed by atoms with Crippen LogP contribution in [0.2, 0.25) is 0 Å². The summed E-state index contributed by atoms with van der Waals surface area (Å²) in [6, 6.07) is 4.38. The molecule has 6 heteroatoms. The second kappa shape index (κ2) is 6.65. The Hall–Kier alpha value is -2.21. The molecule has 1 atom stereocenters. The van der Waals surface area contributed by atoms with Crippen molar-refractivity contribution in [3.8, 4) is 0 Å². The molecule has 102 valence electrons. The fourth-order valence-corrected chi connectivity index (χ4v) is 1.75. The predicted molar refractivity (Wildman–Crippen MR) is 71.2 cm³/mol. The maximum atomic E-state index is 11.2. The predicted octanol–water partition coefficient (Wildman–Crippen LogP) is 2.35. The highest BCUT2D eigenvalue weighted by atomic mass is 16.6. The fraction of sp³-hybridized carbons (Fsp3) is 0.308. The molecule has 2 N–H and O–H groups in total. The van der Waals surface area contributed by atoms with Gasteiger partial charge in [0.2, 0.25) is 0 Å². The molecule has 1 rings (SSSR count). The number of nitrogens with zero attached hydrogens (tertiary/aromatic N) is 1. The molecule has 19 heavy (non-hydrogen) atoms. The smallest absolute Gasteiger partial charge is 0.343 e. The van der Waals surface area contributed by atoms with E-state index in [-0.39, 0.29) is 23.8 Å². The number of benzene rings is 1. The Bertz CT molecular complexity index is 499. The first-order valence-electron chi connectivity index (χ1n) is 5.81. The number of hydrogen-bond acceptors (Lipinski definition) is 4. The van der Waals surface area contributed by atoms with Gasteiger partial charge in [-0.3, -0.25) is 10.1 Å². The number of rotatable bonds is 7. The minimum Gasteiger partial charge on any atom is -0.477 e. The number of nitro benzene ring substituents is 1. The zero-order chi connectivity index (χ0) is 14.4. The molecule has 0 aliphatic rings. The lowest BCUT2D eigenvalue weighted by atomic mass is 10.0. The molecule has 0 saturated carbocycles. The average Bonchev–Trinajstić information content (AvgIpc) is 2.35. The highest BCUT2D eigenvalue weighted by Gasteiger charge is 2.23. The van der Waals surface area contributed by atoms with Crippen molar-refractivity contribution in [2.45, 2.75) is 25.9 Å². The molecule has 0 amide bonds. The number of carboxylic acid groups (broad SMARTS) is 1. The van der Waals surface area contributed by atoms with Gasteiger partial charge in [-0.2, -0.15) is 0 Å². The van der Waals surface area contributed by atoms with Crippen LogP contribution in [0.1, 0.15) is 29.3 Å². The lowest BCUT2D eigenvalue weighted by molar-refractivity contribution is -0.385. The first-order valence-corrected chi connectivity index (χ1v) is 5.81. The molecule has 0 saturated heterocycles. The number of carbonyl (C=O) groups is 1. The Morgan fingerprint density at radius 2 is 2.32 bits per heavy atom. The summed E-state index contributed by atoms with van der Waals surface area (Å²) in [6.45, 7) is 5.81. The van der Waals surface area contributed by atoms with Crippen LogP contribution in [0.4, 0.5) is 5.69 Å². The third kappa shape index (κ3) is 3.89. The zero-order valence-electron chi connectivity index (χ0n) is 10.6. The molecule has 0 aromatic heterocycles. The van der Waals surface area contributed by atoms with E-state index in [4.69, 9.17) is 5.11 Å². The van der Waals surface area contributed by atoms with Gasteiger partial charge in [0.25, 0.3) is 5.69 Å². The lowest BCUT2D eigenvalue weighted by Gasteiger charge is -2.13. The van der Waals surface area contributed by atoms with E-state index < -0.39 is 10.9 Å². The molecule has 0 aliphatic heterocycles. The Balaban J connectivity index is 3.00. The Morgan fingerprint density at radius 1 is 1.63 bits per heavy atom. The SMILES string of the molecule is C=CCC(C)NCc1cccc([N+](=O)[O-])c1C(=O)O. The van der Waals surface area contributed by atoms with Gasteiger partial charge in [-0.15, -0.1) is 6.58 Å². The zero-order valence-corrected chi connectivity index (χ0v) is 10.6. The van der Waals surface area contributed by atoms with E-state index in [0.29, 0.717) is 5.56 Å². The maximum Gasteiger partial charge on any atom is 0.343 e. The monoisotopic (exact) mass is 264 g/mol. The second-order valence-corrected chi connectivity index (χ2v) is 4.18. The van der Waals surface area contributed by atoms with Crippen molar-refractivity contribution in [3.05, 3.63) is 52.1 Å². The quantitative estimate of drug-likeness (QED) is 0.448. The van der Waals surface area contributed by atoms with Crippen LogP contribution in [0, 0.1) is 10.1 Å². The van der Waals surface area contributed by atoms with Crippen molar-refractivity contribution < 1.29 is 14.8 Å². The van der Waals surface area contributed by atoms with E-state index in [1.54, 1.807) is 12.1 Å². The van der Waals surface area contributed by atoms with Gasteiger partial charge in [-0.1, -0.05) is 18.2 Å². The van der Waals surface area contributed by atoms with Crippen molar-refractivity contribution in [1.82, 2.24) is 5.32 Å². The summed E-state index contributed by atoms with van der Waals surface area (Å²) < 4.78 is 0. The summed E-state index contributed by atoms with van der Waals surface area (Å²) in [5, 5.41) is 23.0. The molecule has 0 radical (unpaired) electrons. The van der Waals surface area contributed by atoms with E-state index in [1.165, 1.54) is 12.1 Å². The van der Waals surface area contributed by atoms with E-state index in [2.05, 4.69) is 11.9 Å². The van der Waals surface area contributed by atoms with Crippen molar-refractivity contribution in [1.29, 1.82) is 0 Å². The van der Waals surface area contributed by atoms with Gasteiger partial charge in [0, 0.05) is 18.7 Å². The molecule has 6 nitrogen and oxygen atoms in total. The second-order valence-electron chi connectivity index (χ2n) is 4.18. The first-order chi connectivity index (χ1) is 8.97. The van der Waals surface area contributed by atoms with E-state index in [9.17, 15) is 14.9 Å². The third-order valence-electron chi connectivity index (χ3n) is 2.70. The summed E-state index contributed by atoms with van der Waals surface area (Å²) in [4.78, 5) is 21.3. The van der Waals surface area contributed by atoms with Gasteiger partial charge in [-0.25, -0.2) is 4.79 Å². The Morgan fingerprint density at radius 3 is 2.84 bits per heavy atom. The minimum absolute atomic E-state index is 0.124. The third-order valence-corrected chi connectivity index (χ3v) is 2.70. The number of carboxylic acids is 1. The largest absolute Gasteiger partial charge is 0.477 e. The van der Waals surface area contributed by atoms with Gasteiger partial charge in [0.1, 0.15) is 5.56 Å². The molecule has 0 fully saturated rings. The summed E-state index contributed by atoms with van der Waals surface area (Å²) >= 11 is 0. The van der Waals surface area contributed by atoms with Gasteiger partial charge < -0.3 is 10.4 Å². The normalized spacial score (nSPS) is 11.8. The van der Waals surface area contributed by atoms with Crippen LogP contribution in [0.5, 0.6) is 0 Å². The minimum atomic E-state index is -1.29. The summed E-state index contributed by atoms with van der Waals surface area (Å²) in [6.07, 6.45) is 2.49. The molecule has 0 heterocycles. The molecule has 1 aromatic carbocycles. The van der Waals surface area contributed by atoms with Crippen molar-refractivity contribution >= 4 is 11.7 Å². The van der Waals surface area contributed by atoms with Crippen LogP contribution in [0.25, 0.3) is 0 Å². The molecular formula is C13H16N2O4. The van der Waals surface area contributed by atoms with Crippen molar-refractivity contribution in [2.24, 2.45) is 0 Å². The van der Waals surface area contributed by atoms with Crippen LogP contribution in [0.15, 0.2) is 30.9 Å². The van der Waals surface area contributed by atoms with Gasteiger partial charge in [-0.05, 0) is 18.9 Å². The van der Waals surface area contributed by atoms with Crippen LogP contribution < -0.4 is 5.32 Å². The highest BCUT2D eigenvalue weighted by Crippen LogP contribution is 2.22. The van der Waals surface area contributed by atoms with Gasteiger partial charge in [0.05, 0.1) is 4.92 Å². The fourth-order valence-electron chi connectivity index (χ4n) is 1.75. The number of hydrogen-bond donors (Lipinski definition) is 2. The summed E-state index contributed by atoms with van der Waals surface area (Å²) in [7, 11) is 0. The Kier molecular flexibility index (Phi) is 5.20. The molecular weight excluding hydrogens is 248 g/mol. The topological polar surface area (TPSA) is 92.5 Å². The van der Waals surface area contributed by atoms with E-state index in [0.717, 1.165) is 6.42 Å². The molecule has 0 bridgehead atoms. The van der Waals surface area contributed by atoms with Crippen LogP contribution >= 0.6 is 0 Å². The molecule has 1 unspecified atom stereocenters. The van der Waals surface area contributed by atoms with Crippen molar-refractivity contribution in [3.63, 3.8) is 0 Å². The average molecular weight is 264 g/mol. The standard InChI is InChI=1S/C13H16N2O4/c1-3-5-9(2)14-8-10-6-4-7-11(15(18)19)12(10)13(16)17/h3-4,6-7,9,14H,1,5,8H2,2H3,(H,16,17). The van der Waals surface area contributed by atoms with Crippen LogP contribution in [-0.2, 0) is 6.54 Å². The summed E-state index contributed by atoms with van der Waals surface area (Å²) in [5.41, 5.74) is -0.244. The summed E-state index contributed by atoms with van der Waals surface area (Å²) in [5.74, 6) is -1.29. The molecule has 0 spiro atoms. The molecule has 1 aromatic rings. The number of nitrogens with one attached hydrogen (secondary N) is 1. The van der Waals surface area contributed by atoms with Crippen molar-refractivity contribution in [2.75, 3.05) is 0 Å². The lowest BCUT2D eigenvalue weighted by Crippen LogP contribution is -2.25. The highest BCUT2D eigenvalue weighted by molar-refractivity contribution is 5.94. The molecule has 0 aliphatic carbocycles. The number of aromatic carboxylic acids is 1. The number of nitro groups is 1.